The molecule has 1 fully saturated rings. The molecule has 1 heterocycles. The maximum absolute atomic E-state index is 13.3. The van der Waals surface area contributed by atoms with Crippen LogP contribution in [0.15, 0.2) is 53.3 Å². The minimum absolute atomic E-state index is 0.0189. The molecule has 1 aliphatic rings. The van der Waals surface area contributed by atoms with Crippen molar-refractivity contribution in [1.82, 2.24) is 9.55 Å². The molecule has 1 saturated carbocycles. The normalized spacial score (nSPS) is 20.1. The zero-order chi connectivity index (χ0) is 18.8. The third-order valence-electron chi connectivity index (χ3n) is 5.61. The predicted molar refractivity (Wildman–Crippen MR) is 111 cm³/mol. The van der Waals surface area contributed by atoms with Gasteiger partial charge in [0.2, 0.25) is 0 Å². The van der Waals surface area contributed by atoms with E-state index in [-0.39, 0.29) is 5.56 Å². The predicted octanol–water partition coefficient (Wildman–Crippen LogP) is 4.48. The molecule has 140 valence electrons. The smallest absolute Gasteiger partial charge is 0.261 e. The van der Waals surface area contributed by atoms with Crippen molar-refractivity contribution in [2.75, 3.05) is 6.54 Å². The summed E-state index contributed by atoms with van der Waals surface area (Å²) in [6, 6.07) is 15.1. The summed E-state index contributed by atoms with van der Waals surface area (Å²) in [7, 11) is 0. The van der Waals surface area contributed by atoms with Crippen LogP contribution < -0.4 is 11.3 Å². The molecule has 5 heteroatoms. The van der Waals surface area contributed by atoms with Crippen molar-refractivity contribution in [3.05, 3.63) is 63.9 Å². The summed E-state index contributed by atoms with van der Waals surface area (Å²) < 4.78 is 1.84. The first kappa shape index (κ1) is 18.2. The first-order valence-corrected chi connectivity index (χ1v) is 9.99. The molecule has 0 amide bonds. The van der Waals surface area contributed by atoms with E-state index in [9.17, 15) is 4.79 Å². The van der Waals surface area contributed by atoms with Crippen LogP contribution in [0.4, 0.5) is 0 Å². The Morgan fingerprint density at radius 2 is 1.93 bits per heavy atom. The van der Waals surface area contributed by atoms with E-state index < -0.39 is 0 Å². The SMILES string of the molecule is NCC1CCCC(Cn2c(-c3cccc(Cl)c3)nc3ccccc3c2=O)C1. The van der Waals surface area contributed by atoms with Gasteiger partial charge in [-0.3, -0.25) is 9.36 Å². The van der Waals surface area contributed by atoms with Crippen molar-refractivity contribution in [3.8, 4) is 11.4 Å². The lowest BCUT2D eigenvalue weighted by Crippen LogP contribution is -2.30. The molecular formula is C22H24ClN3O. The molecule has 0 saturated heterocycles. The van der Waals surface area contributed by atoms with Crippen LogP contribution in [0.3, 0.4) is 0 Å². The maximum Gasteiger partial charge on any atom is 0.261 e. The largest absolute Gasteiger partial charge is 0.330 e. The van der Waals surface area contributed by atoms with Gasteiger partial charge in [0, 0.05) is 17.1 Å². The number of halogens is 1. The van der Waals surface area contributed by atoms with Crippen LogP contribution in [-0.4, -0.2) is 16.1 Å². The summed E-state index contributed by atoms with van der Waals surface area (Å²) in [5, 5.41) is 1.30. The van der Waals surface area contributed by atoms with Crippen LogP contribution in [0.5, 0.6) is 0 Å². The Bertz CT molecular complexity index is 1010. The summed E-state index contributed by atoms with van der Waals surface area (Å²) >= 11 is 6.21. The number of rotatable bonds is 4. The third-order valence-corrected chi connectivity index (χ3v) is 5.85. The Labute approximate surface area is 164 Å². The second kappa shape index (κ2) is 7.83. The fraction of sp³-hybridized carbons (Fsp3) is 0.364. The van der Waals surface area contributed by atoms with Gasteiger partial charge in [-0.1, -0.05) is 42.3 Å². The van der Waals surface area contributed by atoms with E-state index in [0.717, 1.165) is 30.5 Å². The molecule has 3 aromatic rings. The first-order valence-electron chi connectivity index (χ1n) is 9.61. The molecule has 0 bridgehead atoms. The molecule has 0 spiro atoms. The van der Waals surface area contributed by atoms with Gasteiger partial charge in [0.1, 0.15) is 5.82 Å². The van der Waals surface area contributed by atoms with Crippen molar-refractivity contribution in [2.24, 2.45) is 17.6 Å². The Balaban J connectivity index is 1.83. The van der Waals surface area contributed by atoms with E-state index in [0.29, 0.717) is 34.6 Å². The Kier molecular flexibility index (Phi) is 5.28. The second-order valence-corrected chi connectivity index (χ2v) is 7.95. The average molecular weight is 382 g/mol. The molecule has 4 nitrogen and oxygen atoms in total. The van der Waals surface area contributed by atoms with Crippen molar-refractivity contribution in [3.63, 3.8) is 0 Å². The minimum atomic E-state index is 0.0189. The molecule has 2 aromatic carbocycles. The molecule has 27 heavy (non-hydrogen) atoms. The monoisotopic (exact) mass is 381 g/mol. The molecule has 1 aromatic heterocycles. The average Bonchev–Trinajstić information content (AvgIpc) is 2.70. The fourth-order valence-corrected chi connectivity index (χ4v) is 4.42. The lowest BCUT2D eigenvalue weighted by Gasteiger charge is -2.29. The second-order valence-electron chi connectivity index (χ2n) is 7.51. The van der Waals surface area contributed by atoms with Gasteiger partial charge in [0.15, 0.2) is 0 Å². The van der Waals surface area contributed by atoms with E-state index in [1.807, 2.05) is 53.1 Å². The number of fused-ring (bicyclic) bond motifs is 1. The highest BCUT2D eigenvalue weighted by molar-refractivity contribution is 6.30. The number of hydrogen-bond acceptors (Lipinski definition) is 3. The molecule has 4 rings (SSSR count). The molecule has 1 aliphatic carbocycles. The number of benzene rings is 2. The van der Waals surface area contributed by atoms with Crippen molar-refractivity contribution in [2.45, 2.75) is 32.2 Å². The van der Waals surface area contributed by atoms with Crippen LogP contribution in [0.2, 0.25) is 5.02 Å². The standard InChI is InChI=1S/C22H24ClN3O/c23-18-8-4-7-17(12-18)21-25-20-10-2-1-9-19(20)22(27)26(21)14-16-6-3-5-15(11-16)13-24/h1-2,4,7-10,12,15-16H,3,5-6,11,13-14,24H2. The molecule has 0 radical (unpaired) electrons. The fourth-order valence-electron chi connectivity index (χ4n) is 4.23. The molecule has 2 N–H and O–H groups in total. The molecular weight excluding hydrogens is 358 g/mol. The van der Waals surface area contributed by atoms with Crippen LogP contribution in [-0.2, 0) is 6.54 Å². The van der Waals surface area contributed by atoms with Gasteiger partial charge in [-0.25, -0.2) is 4.98 Å². The topological polar surface area (TPSA) is 60.9 Å². The van der Waals surface area contributed by atoms with Gasteiger partial charge < -0.3 is 5.73 Å². The number of hydrogen-bond donors (Lipinski definition) is 1. The van der Waals surface area contributed by atoms with Gasteiger partial charge in [-0.2, -0.15) is 0 Å². The van der Waals surface area contributed by atoms with E-state index in [4.69, 9.17) is 22.3 Å². The molecule has 2 unspecified atom stereocenters. The number of nitrogens with zero attached hydrogens (tertiary/aromatic N) is 2. The van der Waals surface area contributed by atoms with Crippen molar-refractivity contribution >= 4 is 22.5 Å². The van der Waals surface area contributed by atoms with Crippen LogP contribution in [0.1, 0.15) is 25.7 Å². The van der Waals surface area contributed by atoms with Gasteiger partial charge in [0.25, 0.3) is 5.56 Å². The van der Waals surface area contributed by atoms with Crippen molar-refractivity contribution < 1.29 is 0 Å². The summed E-state index contributed by atoms with van der Waals surface area (Å²) in [6.45, 7) is 1.40. The molecule has 2 atom stereocenters. The van der Waals surface area contributed by atoms with Crippen molar-refractivity contribution in [1.29, 1.82) is 0 Å². The number of para-hydroxylation sites is 1. The summed E-state index contributed by atoms with van der Waals surface area (Å²) in [5.41, 5.74) is 7.52. The quantitative estimate of drug-likeness (QED) is 0.724. The maximum atomic E-state index is 13.3. The van der Waals surface area contributed by atoms with E-state index >= 15 is 0 Å². The van der Waals surface area contributed by atoms with Gasteiger partial charge >= 0.3 is 0 Å². The van der Waals surface area contributed by atoms with Crippen LogP contribution >= 0.6 is 11.6 Å². The Hall–Kier alpha value is -2.17. The molecule has 0 aliphatic heterocycles. The van der Waals surface area contributed by atoms with Gasteiger partial charge in [0.05, 0.1) is 10.9 Å². The van der Waals surface area contributed by atoms with E-state index in [1.165, 1.54) is 12.8 Å². The Morgan fingerprint density at radius 3 is 2.74 bits per heavy atom. The van der Waals surface area contributed by atoms with E-state index in [1.54, 1.807) is 0 Å². The first-order chi connectivity index (χ1) is 13.2. The highest BCUT2D eigenvalue weighted by atomic mass is 35.5. The zero-order valence-corrected chi connectivity index (χ0v) is 16.0. The van der Waals surface area contributed by atoms with Crippen LogP contribution in [0, 0.1) is 11.8 Å². The Morgan fingerprint density at radius 1 is 1.11 bits per heavy atom. The van der Waals surface area contributed by atoms with Gasteiger partial charge in [-0.05, 0) is 61.9 Å². The van der Waals surface area contributed by atoms with Gasteiger partial charge in [-0.15, -0.1) is 0 Å². The minimum Gasteiger partial charge on any atom is -0.330 e. The lowest BCUT2D eigenvalue weighted by molar-refractivity contribution is 0.246. The number of nitrogens with two attached hydrogens (primary N) is 1. The van der Waals surface area contributed by atoms with E-state index in [2.05, 4.69) is 0 Å². The summed E-state index contributed by atoms with van der Waals surface area (Å²) in [4.78, 5) is 18.1. The third kappa shape index (κ3) is 3.78. The zero-order valence-electron chi connectivity index (χ0n) is 15.3. The highest BCUT2D eigenvalue weighted by Crippen LogP contribution is 2.31. The highest BCUT2D eigenvalue weighted by Gasteiger charge is 2.23. The summed E-state index contributed by atoms with van der Waals surface area (Å²) in [6.07, 6.45) is 4.57. The number of aromatic nitrogens is 2. The van der Waals surface area contributed by atoms with Crippen LogP contribution in [0.25, 0.3) is 22.3 Å². The lowest BCUT2D eigenvalue weighted by atomic mass is 9.81. The summed E-state index contributed by atoms with van der Waals surface area (Å²) in [5.74, 6) is 1.70.